The molecular weight excluding hydrogens is 271 g/mol. The van der Waals surface area contributed by atoms with Crippen LogP contribution in [0.3, 0.4) is 0 Å². The Kier molecular flexibility index (Phi) is 15.7. The van der Waals surface area contributed by atoms with E-state index in [0.29, 0.717) is 6.61 Å². The summed E-state index contributed by atoms with van der Waals surface area (Å²) in [5.41, 5.74) is 0. The lowest BCUT2D eigenvalue weighted by Gasteiger charge is -2.04. The molecule has 122 valence electrons. The van der Waals surface area contributed by atoms with Crippen molar-refractivity contribution in [3.05, 3.63) is 0 Å². The van der Waals surface area contributed by atoms with Gasteiger partial charge >= 0.3 is 8.25 Å². The lowest BCUT2D eigenvalue weighted by Crippen LogP contribution is -1.88. The van der Waals surface area contributed by atoms with E-state index >= 15 is 0 Å². The molecule has 0 aliphatic heterocycles. The lowest BCUT2D eigenvalue weighted by atomic mass is 10.0. The third-order valence-corrected chi connectivity index (χ3v) is 4.10. The molecule has 3 nitrogen and oxygen atoms in total. The van der Waals surface area contributed by atoms with Crippen molar-refractivity contribution < 1.29 is 14.0 Å². The first-order chi connectivity index (χ1) is 9.63. The number of unbranched alkanes of at least 4 members (excludes halogenated alkanes) is 10. The standard InChI is InChI=1S/C16H35O3P/c1-16(2)14-12-10-8-6-4-3-5-7-9-11-13-15-19-20(17)18/h16,20H,3-15H2,1-2H3,(H,17,18). The fraction of sp³-hybridized carbons (Fsp3) is 1.00. The molecule has 0 bridgehead atoms. The van der Waals surface area contributed by atoms with Crippen molar-refractivity contribution in [2.45, 2.75) is 90.9 Å². The first-order valence-electron chi connectivity index (χ1n) is 8.48. The van der Waals surface area contributed by atoms with Crippen LogP contribution in [0.5, 0.6) is 0 Å². The van der Waals surface area contributed by atoms with E-state index in [4.69, 9.17) is 4.89 Å². The first kappa shape index (κ1) is 20.1. The van der Waals surface area contributed by atoms with Gasteiger partial charge in [-0.15, -0.1) is 0 Å². The van der Waals surface area contributed by atoms with Gasteiger partial charge < -0.3 is 9.42 Å². The summed E-state index contributed by atoms with van der Waals surface area (Å²) in [6.07, 6.45) is 15.6. The second-order valence-corrected chi connectivity index (χ2v) is 7.01. The highest BCUT2D eigenvalue weighted by atomic mass is 31.1. The van der Waals surface area contributed by atoms with Gasteiger partial charge in [0.1, 0.15) is 0 Å². The van der Waals surface area contributed by atoms with Crippen LogP contribution in [-0.4, -0.2) is 11.5 Å². The van der Waals surface area contributed by atoms with Crippen LogP contribution in [-0.2, 0) is 9.09 Å². The largest absolute Gasteiger partial charge is 0.326 e. The topological polar surface area (TPSA) is 46.5 Å². The Morgan fingerprint density at radius 2 is 1.20 bits per heavy atom. The maximum Gasteiger partial charge on any atom is 0.316 e. The molecule has 4 heteroatoms. The molecule has 0 amide bonds. The van der Waals surface area contributed by atoms with E-state index < -0.39 is 8.25 Å². The molecule has 0 saturated carbocycles. The molecule has 0 fully saturated rings. The minimum Gasteiger partial charge on any atom is -0.326 e. The highest BCUT2D eigenvalue weighted by Crippen LogP contribution is 2.16. The second kappa shape index (κ2) is 15.5. The summed E-state index contributed by atoms with van der Waals surface area (Å²) in [6, 6.07) is 0. The molecular formula is C16H35O3P. The Balaban J connectivity index is 2.97. The predicted molar refractivity (Wildman–Crippen MR) is 87.4 cm³/mol. The molecule has 1 unspecified atom stereocenters. The summed E-state index contributed by atoms with van der Waals surface area (Å²) in [4.78, 5) is 8.48. The molecule has 0 aromatic carbocycles. The van der Waals surface area contributed by atoms with Crippen LogP contribution in [0.25, 0.3) is 0 Å². The van der Waals surface area contributed by atoms with E-state index in [1.807, 2.05) is 0 Å². The van der Waals surface area contributed by atoms with Crippen LogP contribution >= 0.6 is 8.25 Å². The van der Waals surface area contributed by atoms with Crippen molar-refractivity contribution in [3.63, 3.8) is 0 Å². The molecule has 0 heterocycles. The van der Waals surface area contributed by atoms with Gasteiger partial charge in [-0.1, -0.05) is 84.5 Å². The van der Waals surface area contributed by atoms with Crippen LogP contribution in [0.4, 0.5) is 0 Å². The van der Waals surface area contributed by atoms with Gasteiger partial charge in [0.05, 0.1) is 6.61 Å². The van der Waals surface area contributed by atoms with Gasteiger partial charge in [0, 0.05) is 0 Å². The molecule has 0 saturated heterocycles. The van der Waals surface area contributed by atoms with Crippen LogP contribution in [0.2, 0.25) is 0 Å². The maximum atomic E-state index is 10.3. The van der Waals surface area contributed by atoms with Crippen LogP contribution in [0, 0.1) is 5.92 Å². The molecule has 0 aliphatic carbocycles. The molecule has 0 radical (unpaired) electrons. The zero-order chi connectivity index (χ0) is 15.1. The average Bonchev–Trinajstić information content (AvgIpc) is 2.38. The number of hydrogen-bond acceptors (Lipinski definition) is 2. The van der Waals surface area contributed by atoms with Crippen LogP contribution in [0.1, 0.15) is 90.9 Å². The average molecular weight is 306 g/mol. The van der Waals surface area contributed by atoms with E-state index in [-0.39, 0.29) is 0 Å². The Morgan fingerprint density at radius 1 is 0.800 bits per heavy atom. The van der Waals surface area contributed by atoms with E-state index in [9.17, 15) is 4.57 Å². The highest BCUT2D eigenvalue weighted by Gasteiger charge is 1.96. The minimum atomic E-state index is -2.70. The highest BCUT2D eigenvalue weighted by molar-refractivity contribution is 7.32. The molecule has 0 aromatic heterocycles. The summed E-state index contributed by atoms with van der Waals surface area (Å²) in [5, 5.41) is 0. The molecule has 0 rings (SSSR count). The maximum absolute atomic E-state index is 10.3. The van der Waals surface area contributed by atoms with Gasteiger partial charge in [-0.25, -0.2) is 0 Å². The Morgan fingerprint density at radius 3 is 1.60 bits per heavy atom. The monoisotopic (exact) mass is 306 g/mol. The Labute approximate surface area is 126 Å². The molecule has 20 heavy (non-hydrogen) atoms. The summed E-state index contributed by atoms with van der Waals surface area (Å²) in [6.45, 7) is 5.04. The Hall–Kier alpha value is 0.150. The van der Waals surface area contributed by atoms with Crippen LogP contribution < -0.4 is 0 Å². The molecule has 0 aromatic rings. The summed E-state index contributed by atoms with van der Waals surface area (Å²) < 4.78 is 14.9. The lowest BCUT2D eigenvalue weighted by molar-refractivity contribution is 0.273. The van der Waals surface area contributed by atoms with Crippen molar-refractivity contribution >= 4 is 8.25 Å². The predicted octanol–water partition coefficient (Wildman–Crippen LogP) is 5.72. The first-order valence-corrected chi connectivity index (χ1v) is 9.75. The Bertz CT molecular complexity index is 220. The molecule has 1 atom stereocenters. The zero-order valence-corrected chi connectivity index (χ0v) is 14.5. The SMILES string of the molecule is CC(C)CCCCCCCCCCCCCO[PH](=O)O. The van der Waals surface area contributed by atoms with E-state index in [2.05, 4.69) is 18.4 Å². The van der Waals surface area contributed by atoms with E-state index in [1.165, 1.54) is 64.2 Å². The van der Waals surface area contributed by atoms with Crippen molar-refractivity contribution in [3.8, 4) is 0 Å². The van der Waals surface area contributed by atoms with Gasteiger partial charge in [0.15, 0.2) is 0 Å². The van der Waals surface area contributed by atoms with Gasteiger partial charge in [-0.2, -0.15) is 0 Å². The van der Waals surface area contributed by atoms with Crippen molar-refractivity contribution in [1.82, 2.24) is 0 Å². The third-order valence-electron chi connectivity index (χ3n) is 3.65. The third kappa shape index (κ3) is 18.1. The van der Waals surface area contributed by atoms with E-state index in [1.54, 1.807) is 0 Å². The summed E-state index contributed by atoms with van der Waals surface area (Å²) in [7, 11) is -2.70. The zero-order valence-electron chi connectivity index (χ0n) is 13.5. The summed E-state index contributed by atoms with van der Waals surface area (Å²) >= 11 is 0. The fourth-order valence-corrected chi connectivity index (χ4v) is 2.72. The normalized spacial score (nSPS) is 13.0. The molecule has 0 spiro atoms. The summed E-state index contributed by atoms with van der Waals surface area (Å²) in [5.74, 6) is 0.860. The van der Waals surface area contributed by atoms with E-state index in [0.717, 1.165) is 18.8 Å². The van der Waals surface area contributed by atoms with Crippen LogP contribution in [0.15, 0.2) is 0 Å². The number of rotatable bonds is 15. The second-order valence-electron chi connectivity index (χ2n) is 6.19. The van der Waals surface area contributed by atoms with Gasteiger partial charge in [-0.05, 0) is 12.3 Å². The quantitative estimate of drug-likeness (QED) is 0.311. The van der Waals surface area contributed by atoms with Gasteiger partial charge in [0.2, 0.25) is 0 Å². The smallest absolute Gasteiger partial charge is 0.316 e. The molecule has 0 aliphatic rings. The van der Waals surface area contributed by atoms with Crippen molar-refractivity contribution in [2.75, 3.05) is 6.61 Å². The fourth-order valence-electron chi connectivity index (χ4n) is 2.41. The van der Waals surface area contributed by atoms with Gasteiger partial charge in [-0.3, -0.25) is 4.57 Å². The van der Waals surface area contributed by atoms with Gasteiger partial charge in [0.25, 0.3) is 0 Å². The number of hydrogen-bond donors (Lipinski definition) is 1. The minimum absolute atomic E-state index is 0.435. The molecule has 1 N–H and O–H groups in total. The van der Waals surface area contributed by atoms with Crippen molar-refractivity contribution in [1.29, 1.82) is 0 Å². The van der Waals surface area contributed by atoms with Crippen molar-refractivity contribution in [2.24, 2.45) is 5.92 Å².